The van der Waals surface area contributed by atoms with Crippen LogP contribution in [0.1, 0.15) is 18.4 Å². The van der Waals surface area contributed by atoms with E-state index in [4.69, 9.17) is 0 Å². The molecular weight excluding hydrogens is 237 g/mol. The number of nitrogens with zero attached hydrogens (tertiary/aromatic N) is 1. The number of likely N-dealkylation sites (tertiary alicyclic amines) is 1. The predicted octanol–water partition coefficient (Wildman–Crippen LogP) is 1.70. The molecule has 1 aliphatic rings. The summed E-state index contributed by atoms with van der Waals surface area (Å²) in [5.74, 6) is 0. The van der Waals surface area contributed by atoms with Gasteiger partial charge in [0.15, 0.2) is 0 Å². The van der Waals surface area contributed by atoms with E-state index in [2.05, 4.69) is 41.1 Å². The van der Waals surface area contributed by atoms with Crippen LogP contribution >= 0.6 is 0 Å². The number of hydrogen-bond acceptors (Lipinski definition) is 2. The standard InChI is InChI=1S/C13H17NO.V/c1-14-9-7-13(11-15,8-10-14)12-5-3-2-4-6-12;/h2-6,15H,7-10H2,1H3;. The fourth-order valence-electron chi connectivity index (χ4n) is 2.40. The molecule has 2 nitrogen and oxygen atoms in total. The van der Waals surface area contributed by atoms with Crippen LogP contribution in [0, 0.1) is 0 Å². The molecule has 1 heterocycles. The number of aliphatic hydroxyl groups is 1. The van der Waals surface area contributed by atoms with Crippen LogP contribution < -0.4 is 0 Å². The first-order chi connectivity index (χ1) is 7.65. The van der Waals surface area contributed by atoms with Gasteiger partial charge in [-0.15, -0.1) is 0 Å². The van der Waals surface area contributed by atoms with E-state index >= 15 is 0 Å². The van der Waals surface area contributed by atoms with Crippen LogP contribution in [0.25, 0.3) is 0 Å². The van der Waals surface area contributed by atoms with Crippen molar-refractivity contribution in [2.45, 2.75) is 18.3 Å². The number of piperidine rings is 1. The molecule has 16 heavy (non-hydrogen) atoms. The van der Waals surface area contributed by atoms with Gasteiger partial charge in [0.2, 0.25) is 0 Å². The van der Waals surface area contributed by atoms with Crippen molar-refractivity contribution >= 4 is 4.41 Å². The predicted molar refractivity (Wildman–Crippen MR) is 61.8 cm³/mol. The van der Waals surface area contributed by atoms with E-state index in [0.717, 1.165) is 25.9 Å². The molecule has 0 amide bonds. The SMILES string of the molecule is CN1CCC([C](O)=[V])(c2ccccc2)CC1. The van der Waals surface area contributed by atoms with Crippen molar-refractivity contribution in [1.29, 1.82) is 0 Å². The summed E-state index contributed by atoms with van der Waals surface area (Å²) in [6.45, 7) is 2.08. The second kappa shape index (κ2) is 4.84. The Labute approximate surface area is 106 Å². The van der Waals surface area contributed by atoms with Gasteiger partial charge in [0.25, 0.3) is 0 Å². The minimum atomic E-state index is -0.145. The van der Waals surface area contributed by atoms with Gasteiger partial charge in [0.1, 0.15) is 0 Å². The summed E-state index contributed by atoms with van der Waals surface area (Å²) in [5, 5.41) is 10.0. The number of hydrogen-bond donors (Lipinski definition) is 1. The van der Waals surface area contributed by atoms with E-state index in [1.807, 2.05) is 18.2 Å². The van der Waals surface area contributed by atoms with Crippen molar-refractivity contribution in [1.82, 2.24) is 4.90 Å². The van der Waals surface area contributed by atoms with Crippen molar-refractivity contribution in [3.63, 3.8) is 0 Å². The van der Waals surface area contributed by atoms with E-state index in [1.165, 1.54) is 5.56 Å². The molecule has 1 saturated heterocycles. The number of rotatable bonds is 2. The molecule has 0 saturated carbocycles. The Hall–Kier alpha value is -0.406. The van der Waals surface area contributed by atoms with E-state index in [9.17, 15) is 5.11 Å². The first-order valence-electron chi connectivity index (χ1n) is 5.64. The van der Waals surface area contributed by atoms with Crippen LogP contribution in [0.2, 0.25) is 0 Å². The molecule has 0 unspecified atom stereocenters. The summed E-state index contributed by atoms with van der Waals surface area (Å²) >= 11 is 2.33. The fourth-order valence-corrected chi connectivity index (χ4v) is 2.95. The molecule has 85 valence electrons. The average molecular weight is 254 g/mol. The topological polar surface area (TPSA) is 23.5 Å². The van der Waals surface area contributed by atoms with E-state index in [1.54, 1.807) is 0 Å². The third kappa shape index (κ3) is 2.16. The van der Waals surface area contributed by atoms with Gasteiger partial charge in [-0.3, -0.25) is 0 Å². The maximum absolute atomic E-state index is 10.0. The van der Waals surface area contributed by atoms with Gasteiger partial charge in [-0.25, -0.2) is 0 Å². The Kier molecular flexibility index (Phi) is 3.65. The quantitative estimate of drug-likeness (QED) is 0.868. The van der Waals surface area contributed by atoms with Crippen molar-refractivity contribution in [2.24, 2.45) is 0 Å². The molecule has 1 aromatic carbocycles. The molecule has 0 spiro atoms. The zero-order chi connectivity index (χ0) is 11.6. The zero-order valence-corrected chi connectivity index (χ0v) is 11.0. The van der Waals surface area contributed by atoms with Gasteiger partial charge in [0, 0.05) is 0 Å². The van der Waals surface area contributed by atoms with Crippen molar-refractivity contribution in [2.75, 3.05) is 20.1 Å². The van der Waals surface area contributed by atoms with E-state index < -0.39 is 0 Å². The molecule has 1 aliphatic heterocycles. The summed E-state index contributed by atoms with van der Waals surface area (Å²) in [4.78, 5) is 2.32. The monoisotopic (exact) mass is 254 g/mol. The molecule has 0 radical (unpaired) electrons. The van der Waals surface area contributed by atoms with Gasteiger partial charge in [0.05, 0.1) is 0 Å². The molecule has 1 aromatic rings. The number of benzene rings is 1. The molecule has 1 N–H and O–H groups in total. The summed E-state index contributed by atoms with van der Waals surface area (Å²) in [6, 6.07) is 10.4. The molecule has 1 fully saturated rings. The second-order valence-electron chi connectivity index (χ2n) is 4.58. The molecular formula is C13H17NOV. The number of aliphatic hydroxyl groups excluding tert-OH is 1. The Bertz CT molecular complexity index is 369. The van der Waals surface area contributed by atoms with Crippen LogP contribution in [0.3, 0.4) is 0 Å². The van der Waals surface area contributed by atoms with Gasteiger partial charge in [-0.05, 0) is 0 Å². The van der Waals surface area contributed by atoms with Crippen molar-refractivity contribution in [3.8, 4) is 0 Å². The molecule has 0 bridgehead atoms. The second-order valence-corrected chi connectivity index (χ2v) is 5.24. The summed E-state index contributed by atoms with van der Waals surface area (Å²) < 4.78 is 0.499. The van der Waals surface area contributed by atoms with Gasteiger partial charge in [-0.1, -0.05) is 0 Å². The summed E-state index contributed by atoms with van der Waals surface area (Å²) in [5.41, 5.74) is 1.09. The van der Waals surface area contributed by atoms with Gasteiger partial charge >= 0.3 is 106 Å². The minimum absolute atomic E-state index is 0.145. The van der Waals surface area contributed by atoms with Crippen molar-refractivity contribution in [3.05, 3.63) is 35.9 Å². The van der Waals surface area contributed by atoms with Gasteiger partial charge < -0.3 is 0 Å². The van der Waals surface area contributed by atoms with Crippen LogP contribution in [-0.2, 0) is 22.4 Å². The van der Waals surface area contributed by atoms with Crippen LogP contribution in [0.15, 0.2) is 30.3 Å². The fraction of sp³-hybridized carbons (Fsp3) is 0.462. The van der Waals surface area contributed by atoms with Crippen molar-refractivity contribution < 1.29 is 22.1 Å². The average Bonchev–Trinajstić information content (AvgIpc) is 2.31. The zero-order valence-electron chi connectivity index (χ0n) is 9.56. The van der Waals surface area contributed by atoms with E-state index in [-0.39, 0.29) is 5.41 Å². The molecule has 2 rings (SSSR count). The summed E-state index contributed by atoms with van der Waals surface area (Å²) in [7, 11) is 2.14. The Morgan fingerprint density at radius 2 is 1.81 bits per heavy atom. The van der Waals surface area contributed by atoms with Gasteiger partial charge in [-0.2, -0.15) is 0 Å². The molecule has 0 aliphatic carbocycles. The van der Waals surface area contributed by atoms with E-state index in [0.29, 0.717) is 4.41 Å². The molecule has 0 aromatic heterocycles. The Balaban J connectivity index is 2.34. The van der Waals surface area contributed by atoms with Crippen LogP contribution in [-0.4, -0.2) is 34.6 Å². The maximum atomic E-state index is 10.0. The van der Waals surface area contributed by atoms with Crippen LogP contribution in [0.5, 0.6) is 0 Å². The molecule has 3 heteroatoms. The Morgan fingerprint density at radius 1 is 1.25 bits per heavy atom. The summed E-state index contributed by atoms with van der Waals surface area (Å²) in [6.07, 6.45) is 1.99. The Morgan fingerprint density at radius 3 is 2.31 bits per heavy atom. The van der Waals surface area contributed by atoms with Crippen LogP contribution in [0.4, 0.5) is 0 Å². The third-order valence-corrected chi connectivity index (χ3v) is 4.26. The first-order valence-corrected chi connectivity index (χ1v) is 6.34. The third-order valence-electron chi connectivity index (χ3n) is 3.60. The normalized spacial score (nSPS) is 20.6. The molecule has 0 atom stereocenters. The first kappa shape index (κ1) is 12.1.